The highest BCUT2D eigenvalue weighted by molar-refractivity contribution is 7.89. The predicted octanol–water partition coefficient (Wildman–Crippen LogP) is 1.72. The van der Waals surface area contributed by atoms with Crippen molar-refractivity contribution in [3.63, 3.8) is 0 Å². The van der Waals surface area contributed by atoms with Gasteiger partial charge in [0.15, 0.2) is 0 Å². The maximum atomic E-state index is 12.9. The van der Waals surface area contributed by atoms with Gasteiger partial charge in [-0.2, -0.15) is 4.31 Å². The molecule has 0 amide bonds. The molecule has 0 N–H and O–H groups in total. The fourth-order valence-corrected chi connectivity index (χ4v) is 4.61. The standard InChI is InChI=1S/C16H24N2O3S/c1-13-3-6-15(21-2)16(11-13)22(19,20)18-9-7-17(8-10-18)12-14-4-5-14/h3,6,11,14H,4-5,7-10,12H2,1-2H3. The molecule has 0 bridgehead atoms. The summed E-state index contributed by atoms with van der Waals surface area (Å²) in [6.45, 7) is 5.79. The summed E-state index contributed by atoms with van der Waals surface area (Å²) in [7, 11) is -1.97. The molecule has 1 saturated heterocycles. The number of hydrogen-bond acceptors (Lipinski definition) is 4. The minimum Gasteiger partial charge on any atom is -0.495 e. The van der Waals surface area contributed by atoms with Crippen LogP contribution in [0.5, 0.6) is 5.75 Å². The topological polar surface area (TPSA) is 49.9 Å². The van der Waals surface area contributed by atoms with Gasteiger partial charge >= 0.3 is 0 Å². The van der Waals surface area contributed by atoms with E-state index in [2.05, 4.69) is 4.90 Å². The van der Waals surface area contributed by atoms with Crippen LogP contribution in [0.2, 0.25) is 0 Å². The molecule has 6 heteroatoms. The van der Waals surface area contributed by atoms with Gasteiger partial charge in [0.2, 0.25) is 10.0 Å². The van der Waals surface area contributed by atoms with Gasteiger partial charge in [-0.15, -0.1) is 0 Å². The molecule has 1 aliphatic heterocycles. The van der Waals surface area contributed by atoms with Crippen molar-refractivity contribution in [2.75, 3.05) is 39.8 Å². The van der Waals surface area contributed by atoms with E-state index in [4.69, 9.17) is 4.74 Å². The maximum Gasteiger partial charge on any atom is 0.246 e. The predicted molar refractivity (Wildman–Crippen MR) is 85.7 cm³/mol. The minimum atomic E-state index is -3.48. The fraction of sp³-hybridized carbons (Fsp3) is 0.625. The van der Waals surface area contributed by atoms with E-state index in [0.29, 0.717) is 18.8 Å². The molecule has 1 aromatic carbocycles. The second-order valence-electron chi connectivity index (χ2n) is 6.30. The number of aryl methyl sites for hydroxylation is 1. The van der Waals surface area contributed by atoms with Gasteiger partial charge in [-0.3, -0.25) is 0 Å². The van der Waals surface area contributed by atoms with Crippen molar-refractivity contribution in [3.05, 3.63) is 23.8 Å². The summed E-state index contributed by atoms with van der Waals surface area (Å²) in [5, 5.41) is 0. The van der Waals surface area contributed by atoms with Crippen LogP contribution in [0.15, 0.2) is 23.1 Å². The summed E-state index contributed by atoms with van der Waals surface area (Å²) in [5.41, 5.74) is 0.923. The molecule has 0 aromatic heterocycles. The summed E-state index contributed by atoms with van der Waals surface area (Å²) < 4.78 is 32.6. The molecule has 2 aliphatic rings. The zero-order valence-corrected chi connectivity index (χ0v) is 14.1. The highest BCUT2D eigenvalue weighted by Gasteiger charge is 2.32. The molecule has 122 valence electrons. The van der Waals surface area contributed by atoms with Gasteiger partial charge in [0.25, 0.3) is 0 Å². The van der Waals surface area contributed by atoms with Crippen LogP contribution >= 0.6 is 0 Å². The molecular formula is C16H24N2O3S. The molecule has 1 aliphatic carbocycles. The Bertz CT molecular complexity index is 633. The van der Waals surface area contributed by atoms with Gasteiger partial charge in [0, 0.05) is 32.7 Å². The number of rotatable bonds is 5. The second-order valence-corrected chi connectivity index (χ2v) is 8.21. The number of ether oxygens (including phenoxy) is 1. The highest BCUT2D eigenvalue weighted by Crippen LogP contribution is 2.31. The van der Waals surface area contributed by atoms with Crippen LogP contribution < -0.4 is 4.74 Å². The fourth-order valence-electron chi connectivity index (χ4n) is 2.94. The molecule has 2 fully saturated rings. The Morgan fingerprint density at radius 2 is 1.86 bits per heavy atom. The van der Waals surface area contributed by atoms with Crippen molar-refractivity contribution in [2.45, 2.75) is 24.7 Å². The monoisotopic (exact) mass is 324 g/mol. The lowest BCUT2D eigenvalue weighted by Crippen LogP contribution is -2.49. The Labute approximate surface area is 132 Å². The first-order valence-electron chi connectivity index (χ1n) is 7.88. The van der Waals surface area contributed by atoms with Crippen LogP contribution in [0.25, 0.3) is 0 Å². The molecule has 0 atom stereocenters. The molecule has 1 heterocycles. The molecule has 1 saturated carbocycles. The van der Waals surface area contributed by atoms with Crippen LogP contribution in [-0.2, 0) is 10.0 Å². The van der Waals surface area contributed by atoms with E-state index in [1.807, 2.05) is 13.0 Å². The zero-order chi connectivity index (χ0) is 15.7. The Morgan fingerprint density at radius 3 is 2.45 bits per heavy atom. The summed E-state index contributed by atoms with van der Waals surface area (Å²) in [6, 6.07) is 5.29. The lowest BCUT2D eigenvalue weighted by Gasteiger charge is -2.34. The molecule has 0 spiro atoms. The summed E-state index contributed by atoms with van der Waals surface area (Å²) in [4.78, 5) is 2.67. The average Bonchev–Trinajstić information content (AvgIpc) is 3.32. The normalized spacial score (nSPS) is 21.0. The molecule has 0 unspecified atom stereocenters. The van der Waals surface area contributed by atoms with Crippen molar-refractivity contribution >= 4 is 10.0 Å². The minimum absolute atomic E-state index is 0.283. The van der Waals surface area contributed by atoms with Crippen molar-refractivity contribution in [3.8, 4) is 5.75 Å². The molecule has 22 heavy (non-hydrogen) atoms. The third kappa shape index (κ3) is 3.29. The quantitative estimate of drug-likeness (QED) is 0.827. The van der Waals surface area contributed by atoms with Gasteiger partial charge in [0.1, 0.15) is 10.6 Å². The number of methoxy groups -OCH3 is 1. The van der Waals surface area contributed by atoms with Crippen LogP contribution in [0.3, 0.4) is 0 Å². The Hall–Kier alpha value is -1.11. The third-order valence-corrected chi connectivity index (χ3v) is 6.40. The van der Waals surface area contributed by atoms with E-state index in [1.165, 1.54) is 20.0 Å². The molecule has 5 nitrogen and oxygen atoms in total. The molecule has 0 radical (unpaired) electrons. The van der Waals surface area contributed by atoms with Crippen molar-refractivity contribution < 1.29 is 13.2 Å². The summed E-state index contributed by atoms with van der Waals surface area (Å²) >= 11 is 0. The average molecular weight is 324 g/mol. The Morgan fingerprint density at radius 1 is 1.18 bits per heavy atom. The van der Waals surface area contributed by atoms with E-state index in [9.17, 15) is 8.42 Å². The third-order valence-electron chi connectivity index (χ3n) is 4.48. The van der Waals surface area contributed by atoms with E-state index in [0.717, 1.165) is 31.1 Å². The zero-order valence-electron chi connectivity index (χ0n) is 13.3. The van der Waals surface area contributed by atoms with Crippen molar-refractivity contribution in [1.29, 1.82) is 0 Å². The summed E-state index contributed by atoms with van der Waals surface area (Å²) in [5.74, 6) is 1.27. The molecular weight excluding hydrogens is 300 g/mol. The first-order valence-corrected chi connectivity index (χ1v) is 9.32. The number of sulfonamides is 1. The van der Waals surface area contributed by atoms with Crippen LogP contribution in [0, 0.1) is 12.8 Å². The Kier molecular flexibility index (Phi) is 4.43. The van der Waals surface area contributed by atoms with Crippen molar-refractivity contribution in [2.24, 2.45) is 5.92 Å². The van der Waals surface area contributed by atoms with E-state index < -0.39 is 10.0 Å². The largest absolute Gasteiger partial charge is 0.495 e. The van der Waals surface area contributed by atoms with Crippen LogP contribution in [-0.4, -0.2) is 57.5 Å². The van der Waals surface area contributed by atoms with Gasteiger partial charge in [-0.1, -0.05) is 6.07 Å². The van der Waals surface area contributed by atoms with E-state index >= 15 is 0 Å². The maximum absolute atomic E-state index is 12.9. The van der Waals surface area contributed by atoms with Crippen LogP contribution in [0.1, 0.15) is 18.4 Å². The van der Waals surface area contributed by atoms with Gasteiger partial charge in [-0.25, -0.2) is 8.42 Å². The molecule has 1 aromatic rings. The molecule has 3 rings (SSSR count). The number of nitrogens with zero attached hydrogens (tertiary/aromatic N) is 2. The number of benzene rings is 1. The van der Waals surface area contributed by atoms with E-state index in [-0.39, 0.29) is 4.90 Å². The lowest BCUT2D eigenvalue weighted by atomic mass is 10.2. The van der Waals surface area contributed by atoms with Gasteiger partial charge < -0.3 is 9.64 Å². The van der Waals surface area contributed by atoms with Crippen molar-refractivity contribution in [1.82, 2.24) is 9.21 Å². The van der Waals surface area contributed by atoms with Gasteiger partial charge in [-0.05, 0) is 43.4 Å². The number of piperazine rings is 1. The smallest absolute Gasteiger partial charge is 0.246 e. The first kappa shape index (κ1) is 15.8. The lowest BCUT2D eigenvalue weighted by molar-refractivity contribution is 0.182. The van der Waals surface area contributed by atoms with E-state index in [1.54, 1.807) is 16.4 Å². The first-order chi connectivity index (χ1) is 10.5. The Balaban J connectivity index is 1.74. The van der Waals surface area contributed by atoms with Crippen LogP contribution in [0.4, 0.5) is 0 Å². The SMILES string of the molecule is COc1ccc(C)cc1S(=O)(=O)N1CCN(CC2CC2)CC1. The highest BCUT2D eigenvalue weighted by atomic mass is 32.2. The number of hydrogen-bond donors (Lipinski definition) is 0. The summed E-state index contributed by atoms with van der Waals surface area (Å²) in [6.07, 6.45) is 2.66. The van der Waals surface area contributed by atoms with Gasteiger partial charge in [0.05, 0.1) is 7.11 Å². The second kappa shape index (κ2) is 6.18.